The molecule has 0 aromatic carbocycles. The molecule has 0 N–H and O–H groups in total. The van der Waals surface area contributed by atoms with Gasteiger partial charge in [-0.05, 0) is 81.6 Å². The van der Waals surface area contributed by atoms with Crippen LogP contribution in [0.15, 0.2) is 39.2 Å². The normalized spacial score (nSPS) is 28.4. The topological polar surface area (TPSA) is 0 Å². The standard InChI is InChI=1S/C19H24NS2/c1-20-9-3-2-4-18(20)6-5-15(12-20)19(16-7-10-21-13-16)17-8-11-22-14-17/h7-8,10-11,13-14,18H,2-6,9,12H2,1H3/q+1. The molecule has 2 aromatic heterocycles. The molecule has 2 saturated heterocycles. The first kappa shape index (κ1) is 14.7. The molecule has 0 bridgehead atoms. The average Bonchev–Trinajstić information content (AvgIpc) is 3.20. The van der Waals surface area contributed by atoms with Gasteiger partial charge in [0, 0.05) is 6.42 Å². The summed E-state index contributed by atoms with van der Waals surface area (Å²) in [4.78, 5) is 0. The number of hydrogen-bond acceptors (Lipinski definition) is 2. The van der Waals surface area contributed by atoms with Crippen LogP contribution in [0.5, 0.6) is 0 Å². The van der Waals surface area contributed by atoms with Crippen molar-refractivity contribution < 1.29 is 4.48 Å². The van der Waals surface area contributed by atoms with E-state index in [-0.39, 0.29) is 0 Å². The van der Waals surface area contributed by atoms with Gasteiger partial charge in [-0.15, -0.1) is 0 Å². The molecule has 0 amide bonds. The Labute approximate surface area is 141 Å². The van der Waals surface area contributed by atoms with Crippen molar-refractivity contribution in [1.29, 1.82) is 0 Å². The lowest BCUT2D eigenvalue weighted by atomic mass is 9.84. The first-order valence-electron chi connectivity index (χ1n) is 8.38. The van der Waals surface area contributed by atoms with E-state index in [1.54, 1.807) is 5.57 Å². The van der Waals surface area contributed by atoms with E-state index in [9.17, 15) is 0 Å². The van der Waals surface area contributed by atoms with E-state index in [1.807, 2.05) is 22.7 Å². The van der Waals surface area contributed by atoms with Crippen molar-refractivity contribution in [1.82, 2.24) is 0 Å². The zero-order chi connectivity index (χ0) is 15.0. The SMILES string of the molecule is C[N+]12CCCCC1CCC(=C(c1ccsc1)c1ccsc1)C2. The quantitative estimate of drug-likeness (QED) is 0.646. The van der Waals surface area contributed by atoms with Gasteiger partial charge in [-0.1, -0.05) is 0 Å². The van der Waals surface area contributed by atoms with E-state index in [0.29, 0.717) is 0 Å². The Morgan fingerprint density at radius 1 is 1.05 bits per heavy atom. The van der Waals surface area contributed by atoms with Gasteiger partial charge in [-0.25, -0.2) is 0 Å². The number of thiophene rings is 2. The van der Waals surface area contributed by atoms with Crippen molar-refractivity contribution >= 4 is 28.2 Å². The number of piperidine rings is 2. The Morgan fingerprint density at radius 2 is 1.77 bits per heavy atom. The predicted octanol–water partition coefficient (Wildman–Crippen LogP) is 5.40. The van der Waals surface area contributed by atoms with Crippen molar-refractivity contribution in [3.8, 4) is 0 Å². The summed E-state index contributed by atoms with van der Waals surface area (Å²) in [7, 11) is 2.50. The number of likely N-dealkylation sites (N-methyl/N-ethyl adjacent to an activating group) is 1. The summed E-state index contributed by atoms with van der Waals surface area (Å²) in [5.41, 5.74) is 6.09. The Balaban J connectivity index is 1.76. The fourth-order valence-corrected chi connectivity index (χ4v) is 5.75. The Bertz CT molecular complexity index is 617. The lowest BCUT2D eigenvalue weighted by molar-refractivity contribution is -0.937. The molecule has 2 atom stereocenters. The Kier molecular flexibility index (Phi) is 3.97. The van der Waals surface area contributed by atoms with Crippen LogP contribution in [0.3, 0.4) is 0 Å². The molecule has 4 heterocycles. The van der Waals surface area contributed by atoms with Gasteiger partial charge in [0.2, 0.25) is 0 Å². The third-order valence-electron chi connectivity index (χ3n) is 5.64. The minimum Gasteiger partial charge on any atom is -0.320 e. The van der Waals surface area contributed by atoms with E-state index in [1.165, 1.54) is 66.4 Å². The number of rotatable bonds is 2. The molecule has 2 aromatic rings. The molecule has 116 valence electrons. The maximum atomic E-state index is 2.50. The van der Waals surface area contributed by atoms with Gasteiger partial charge in [0.05, 0.1) is 19.6 Å². The molecule has 2 aliphatic rings. The van der Waals surface area contributed by atoms with Gasteiger partial charge in [-0.2, -0.15) is 22.7 Å². The summed E-state index contributed by atoms with van der Waals surface area (Å²) < 4.78 is 1.28. The van der Waals surface area contributed by atoms with Crippen molar-refractivity contribution in [2.45, 2.75) is 38.1 Å². The summed E-state index contributed by atoms with van der Waals surface area (Å²) in [5.74, 6) is 0. The number of nitrogens with zero attached hydrogens (tertiary/aromatic N) is 1. The molecule has 22 heavy (non-hydrogen) atoms. The average molecular weight is 331 g/mol. The van der Waals surface area contributed by atoms with Crippen LogP contribution in [0.4, 0.5) is 0 Å². The molecule has 2 aliphatic heterocycles. The van der Waals surface area contributed by atoms with Gasteiger partial charge in [0.15, 0.2) is 0 Å². The largest absolute Gasteiger partial charge is 0.320 e. The first-order chi connectivity index (χ1) is 10.8. The fourth-order valence-electron chi connectivity index (χ4n) is 4.46. The highest BCUT2D eigenvalue weighted by atomic mass is 32.1. The van der Waals surface area contributed by atoms with Crippen LogP contribution in [0.25, 0.3) is 5.57 Å². The molecule has 0 aliphatic carbocycles. The van der Waals surface area contributed by atoms with Crippen molar-refractivity contribution in [3.05, 3.63) is 50.4 Å². The number of quaternary nitrogens is 1. The van der Waals surface area contributed by atoms with Crippen LogP contribution in [0, 0.1) is 0 Å². The highest BCUT2D eigenvalue weighted by Gasteiger charge is 2.40. The molecular weight excluding hydrogens is 306 g/mol. The Hall–Kier alpha value is -0.900. The van der Waals surface area contributed by atoms with Gasteiger partial charge in [0.25, 0.3) is 0 Å². The second-order valence-electron chi connectivity index (χ2n) is 7.05. The molecule has 0 radical (unpaired) electrons. The minimum atomic E-state index is 0.906. The first-order valence-corrected chi connectivity index (χ1v) is 10.3. The minimum absolute atomic E-state index is 0.906. The number of hydrogen-bond donors (Lipinski definition) is 0. The molecule has 1 nitrogen and oxygen atoms in total. The monoisotopic (exact) mass is 330 g/mol. The van der Waals surface area contributed by atoms with E-state index in [4.69, 9.17) is 0 Å². The van der Waals surface area contributed by atoms with E-state index in [0.717, 1.165) is 6.04 Å². The van der Waals surface area contributed by atoms with Crippen LogP contribution in [0.1, 0.15) is 43.2 Å². The van der Waals surface area contributed by atoms with Gasteiger partial charge in [-0.3, -0.25) is 0 Å². The second-order valence-corrected chi connectivity index (χ2v) is 8.61. The third kappa shape index (κ3) is 2.60. The maximum Gasteiger partial charge on any atom is 0.101 e. The number of fused-ring (bicyclic) bond motifs is 1. The zero-order valence-corrected chi connectivity index (χ0v) is 14.9. The predicted molar refractivity (Wildman–Crippen MR) is 97.5 cm³/mol. The van der Waals surface area contributed by atoms with Crippen LogP contribution < -0.4 is 0 Å². The van der Waals surface area contributed by atoms with Crippen LogP contribution in [0.2, 0.25) is 0 Å². The lowest BCUT2D eigenvalue weighted by Gasteiger charge is -2.49. The van der Waals surface area contributed by atoms with Crippen molar-refractivity contribution in [2.24, 2.45) is 0 Å². The second kappa shape index (κ2) is 5.95. The molecule has 2 unspecified atom stereocenters. The smallest absolute Gasteiger partial charge is 0.101 e. The molecule has 0 saturated carbocycles. The molecule has 3 heteroatoms. The highest BCUT2D eigenvalue weighted by molar-refractivity contribution is 7.08. The van der Waals surface area contributed by atoms with Crippen LogP contribution in [-0.4, -0.2) is 30.7 Å². The summed E-state index contributed by atoms with van der Waals surface area (Å²) in [6.07, 6.45) is 6.96. The Morgan fingerprint density at radius 3 is 2.41 bits per heavy atom. The third-order valence-corrected chi connectivity index (χ3v) is 7.01. The van der Waals surface area contributed by atoms with Gasteiger partial charge >= 0.3 is 0 Å². The zero-order valence-electron chi connectivity index (χ0n) is 13.3. The van der Waals surface area contributed by atoms with Crippen LogP contribution in [-0.2, 0) is 0 Å². The van der Waals surface area contributed by atoms with Gasteiger partial charge in [0.1, 0.15) is 6.54 Å². The highest BCUT2D eigenvalue weighted by Crippen LogP contribution is 2.39. The van der Waals surface area contributed by atoms with Crippen molar-refractivity contribution in [3.63, 3.8) is 0 Å². The maximum absolute atomic E-state index is 2.50. The molecule has 0 spiro atoms. The molecule has 4 rings (SSSR count). The summed E-state index contributed by atoms with van der Waals surface area (Å²) in [6, 6.07) is 5.50. The molecular formula is C19H24NS2+. The summed E-state index contributed by atoms with van der Waals surface area (Å²) >= 11 is 3.63. The van der Waals surface area contributed by atoms with Gasteiger partial charge < -0.3 is 4.48 Å². The van der Waals surface area contributed by atoms with Crippen molar-refractivity contribution in [2.75, 3.05) is 20.1 Å². The summed E-state index contributed by atoms with van der Waals surface area (Å²) in [5, 5.41) is 9.07. The van der Waals surface area contributed by atoms with Crippen LogP contribution >= 0.6 is 22.7 Å². The van der Waals surface area contributed by atoms with E-state index in [2.05, 4.69) is 40.7 Å². The lowest BCUT2D eigenvalue weighted by Crippen LogP contribution is -2.58. The van der Waals surface area contributed by atoms with E-state index >= 15 is 0 Å². The fraction of sp³-hybridized carbons (Fsp3) is 0.474. The summed E-state index contributed by atoms with van der Waals surface area (Å²) in [6.45, 7) is 2.63. The van der Waals surface area contributed by atoms with E-state index < -0.39 is 0 Å². The molecule has 2 fully saturated rings.